The molecule has 4 heteroatoms. The lowest BCUT2D eigenvalue weighted by Crippen LogP contribution is -2.58. The molecule has 1 aromatic rings. The number of benzene rings is 1. The summed E-state index contributed by atoms with van der Waals surface area (Å²) in [6, 6.07) is 9.31. The highest BCUT2D eigenvalue weighted by atomic mass is 16.6. The number of carbonyl (C=O) groups excluding carboxylic acids is 2. The largest absolute Gasteiger partial charge is 0.444 e. The number of hydrogen-bond acceptors (Lipinski definition) is 3. The molecule has 1 atom stereocenters. The van der Waals surface area contributed by atoms with Crippen molar-refractivity contribution in [2.45, 2.75) is 58.6 Å². The van der Waals surface area contributed by atoms with E-state index in [0.717, 1.165) is 12.8 Å². The molecule has 1 aliphatic heterocycles. The number of hydrogen-bond donors (Lipinski definition) is 0. The average molecular weight is 317 g/mol. The number of rotatable bonds is 2. The lowest BCUT2D eigenvalue weighted by Gasteiger charge is -2.47. The first-order valence-electron chi connectivity index (χ1n) is 8.23. The van der Waals surface area contributed by atoms with Gasteiger partial charge in [-0.3, -0.25) is 4.79 Å². The molecule has 1 heterocycles. The average Bonchev–Trinajstić information content (AvgIpc) is 2.45. The maximum Gasteiger partial charge on any atom is 0.410 e. The quantitative estimate of drug-likeness (QED) is 0.764. The lowest BCUT2D eigenvalue weighted by molar-refractivity contribution is -0.0199. The molecule has 0 radical (unpaired) electrons. The van der Waals surface area contributed by atoms with Crippen LogP contribution in [0.15, 0.2) is 30.3 Å². The zero-order valence-corrected chi connectivity index (χ0v) is 14.8. The van der Waals surface area contributed by atoms with Gasteiger partial charge in [0.15, 0.2) is 5.78 Å². The van der Waals surface area contributed by atoms with E-state index < -0.39 is 11.1 Å². The minimum absolute atomic E-state index is 0.101. The molecule has 1 aromatic carbocycles. The molecule has 0 bridgehead atoms. The predicted octanol–water partition coefficient (Wildman–Crippen LogP) is 4.30. The molecule has 126 valence electrons. The van der Waals surface area contributed by atoms with Crippen LogP contribution in [-0.2, 0) is 4.74 Å². The first-order valence-corrected chi connectivity index (χ1v) is 8.23. The molecule has 0 aromatic heterocycles. The van der Waals surface area contributed by atoms with Crippen molar-refractivity contribution in [2.75, 3.05) is 6.54 Å². The van der Waals surface area contributed by atoms with Crippen LogP contribution < -0.4 is 0 Å². The Bertz CT molecular complexity index is 572. The van der Waals surface area contributed by atoms with E-state index in [1.54, 1.807) is 4.90 Å². The van der Waals surface area contributed by atoms with Crippen LogP contribution >= 0.6 is 0 Å². The van der Waals surface area contributed by atoms with E-state index in [2.05, 4.69) is 0 Å². The van der Waals surface area contributed by atoms with Crippen molar-refractivity contribution in [3.05, 3.63) is 35.9 Å². The molecule has 1 saturated heterocycles. The molecular formula is C19H27NO3. The minimum Gasteiger partial charge on any atom is -0.444 e. The predicted molar refractivity (Wildman–Crippen MR) is 90.5 cm³/mol. The third-order valence-electron chi connectivity index (χ3n) is 4.41. The highest BCUT2D eigenvalue weighted by molar-refractivity contribution is 5.99. The van der Waals surface area contributed by atoms with Gasteiger partial charge in [-0.05, 0) is 47.5 Å². The molecule has 1 amide bonds. The van der Waals surface area contributed by atoms with Gasteiger partial charge >= 0.3 is 6.09 Å². The first kappa shape index (κ1) is 17.5. The van der Waals surface area contributed by atoms with Crippen molar-refractivity contribution >= 4 is 11.9 Å². The molecule has 1 fully saturated rings. The van der Waals surface area contributed by atoms with Crippen molar-refractivity contribution in [1.82, 2.24) is 4.90 Å². The van der Waals surface area contributed by atoms with Crippen molar-refractivity contribution in [3.63, 3.8) is 0 Å². The van der Waals surface area contributed by atoms with E-state index in [4.69, 9.17) is 4.74 Å². The van der Waals surface area contributed by atoms with Gasteiger partial charge in [-0.2, -0.15) is 0 Å². The van der Waals surface area contributed by atoms with Crippen LogP contribution in [0.2, 0.25) is 0 Å². The third-order valence-corrected chi connectivity index (χ3v) is 4.41. The molecule has 0 saturated carbocycles. The Labute approximate surface area is 138 Å². The summed E-state index contributed by atoms with van der Waals surface area (Å²) >= 11 is 0. The molecule has 23 heavy (non-hydrogen) atoms. The maximum atomic E-state index is 12.9. The second-order valence-corrected chi connectivity index (χ2v) is 7.71. The van der Waals surface area contributed by atoms with Gasteiger partial charge in [0.05, 0.1) is 5.54 Å². The summed E-state index contributed by atoms with van der Waals surface area (Å²) < 4.78 is 5.52. The monoisotopic (exact) mass is 317 g/mol. The number of ketones is 1. The smallest absolute Gasteiger partial charge is 0.410 e. The van der Waals surface area contributed by atoms with Gasteiger partial charge in [0.25, 0.3) is 0 Å². The fourth-order valence-electron chi connectivity index (χ4n) is 3.18. The normalized spacial score (nSPS) is 20.9. The standard InChI is InChI=1S/C19H27NO3/c1-18(2,3)23-17(22)20-13-9-12-15(19(20,4)5)16(21)14-10-7-6-8-11-14/h6-8,10-11,15H,9,12-13H2,1-5H3. The maximum absolute atomic E-state index is 12.9. The fraction of sp³-hybridized carbons (Fsp3) is 0.579. The summed E-state index contributed by atoms with van der Waals surface area (Å²) in [6.07, 6.45) is 1.26. The van der Waals surface area contributed by atoms with E-state index >= 15 is 0 Å². The van der Waals surface area contributed by atoms with Crippen molar-refractivity contribution in [1.29, 1.82) is 0 Å². The highest BCUT2D eigenvalue weighted by Crippen LogP contribution is 2.36. The topological polar surface area (TPSA) is 46.6 Å². The van der Waals surface area contributed by atoms with Gasteiger partial charge in [-0.1, -0.05) is 30.3 Å². The van der Waals surface area contributed by atoms with Crippen LogP contribution in [0.3, 0.4) is 0 Å². The number of carbonyl (C=O) groups is 2. The van der Waals surface area contributed by atoms with E-state index in [9.17, 15) is 9.59 Å². The Morgan fingerprint density at radius 1 is 1.17 bits per heavy atom. The summed E-state index contributed by atoms with van der Waals surface area (Å²) in [6.45, 7) is 10.1. The summed E-state index contributed by atoms with van der Waals surface area (Å²) in [7, 11) is 0. The first-order chi connectivity index (χ1) is 10.6. The Morgan fingerprint density at radius 3 is 2.35 bits per heavy atom. The zero-order valence-electron chi connectivity index (χ0n) is 14.8. The second kappa shape index (κ2) is 6.34. The van der Waals surface area contributed by atoms with Crippen LogP contribution in [0.5, 0.6) is 0 Å². The molecule has 1 unspecified atom stereocenters. The Balaban J connectivity index is 2.23. The number of Topliss-reactive ketones (excluding diaryl/α,β-unsaturated/α-hetero) is 1. The molecule has 4 nitrogen and oxygen atoms in total. The fourth-order valence-corrected chi connectivity index (χ4v) is 3.18. The SMILES string of the molecule is CC(C)(C)OC(=O)N1CCCC(C(=O)c2ccccc2)C1(C)C. The van der Waals surface area contributed by atoms with Crippen LogP contribution in [0, 0.1) is 5.92 Å². The Hall–Kier alpha value is -1.84. The summed E-state index contributed by atoms with van der Waals surface area (Å²) in [5, 5.41) is 0. The minimum atomic E-state index is -0.562. The van der Waals surface area contributed by atoms with Crippen LogP contribution in [0.4, 0.5) is 4.79 Å². The number of ether oxygens (including phenoxy) is 1. The van der Waals surface area contributed by atoms with Crippen molar-refractivity contribution in [2.24, 2.45) is 5.92 Å². The zero-order chi connectivity index (χ0) is 17.3. The molecular weight excluding hydrogens is 290 g/mol. The van der Waals surface area contributed by atoms with Crippen LogP contribution in [0.25, 0.3) is 0 Å². The van der Waals surface area contributed by atoms with E-state index in [1.807, 2.05) is 65.0 Å². The summed E-state index contributed by atoms with van der Waals surface area (Å²) in [5.74, 6) is -0.116. The second-order valence-electron chi connectivity index (χ2n) is 7.71. The number of amides is 1. The third kappa shape index (κ3) is 3.92. The van der Waals surface area contributed by atoms with E-state index in [1.165, 1.54) is 0 Å². The molecule has 0 aliphatic carbocycles. The molecule has 2 rings (SSSR count). The van der Waals surface area contributed by atoms with Crippen LogP contribution in [-0.4, -0.2) is 34.5 Å². The van der Waals surface area contributed by atoms with Gasteiger partial charge in [0, 0.05) is 18.0 Å². The Kier molecular flexibility index (Phi) is 4.83. The van der Waals surface area contributed by atoms with Gasteiger partial charge in [0.1, 0.15) is 5.60 Å². The van der Waals surface area contributed by atoms with Crippen LogP contribution in [0.1, 0.15) is 57.8 Å². The van der Waals surface area contributed by atoms with E-state index in [0.29, 0.717) is 12.1 Å². The molecule has 1 aliphatic rings. The van der Waals surface area contributed by atoms with Crippen molar-refractivity contribution in [3.8, 4) is 0 Å². The lowest BCUT2D eigenvalue weighted by atomic mass is 9.75. The summed E-state index contributed by atoms with van der Waals surface area (Å²) in [4.78, 5) is 27.1. The molecule has 0 spiro atoms. The molecule has 0 N–H and O–H groups in total. The number of piperidine rings is 1. The van der Waals surface area contributed by atoms with Gasteiger partial charge in [-0.15, -0.1) is 0 Å². The number of likely N-dealkylation sites (tertiary alicyclic amines) is 1. The number of nitrogens with zero attached hydrogens (tertiary/aromatic N) is 1. The summed E-state index contributed by atoms with van der Waals surface area (Å²) in [5.41, 5.74) is -0.395. The van der Waals surface area contributed by atoms with E-state index in [-0.39, 0.29) is 17.8 Å². The highest BCUT2D eigenvalue weighted by Gasteiger charge is 2.45. The Morgan fingerprint density at radius 2 is 1.78 bits per heavy atom. The van der Waals surface area contributed by atoms with Gasteiger partial charge < -0.3 is 9.64 Å². The van der Waals surface area contributed by atoms with Gasteiger partial charge in [-0.25, -0.2) is 4.79 Å². The van der Waals surface area contributed by atoms with Gasteiger partial charge in [0.2, 0.25) is 0 Å². The van der Waals surface area contributed by atoms with Crippen molar-refractivity contribution < 1.29 is 14.3 Å².